The summed E-state index contributed by atoms with van der Waals surface area (Å²) in [6.45, 7) is 1.67. The summed E-state index contributed by atoms with van der Waals surface area (Å²) in [6, 6.07) is 10.5. The lowest BCUT2D eigenvalue weighted by atomic mass is 10.2. The monoisotopic (exact) mass is 389 g/mol. The molecule has 1 atom stereocenters. The van der Waals surface area contributed by atoms with Crippen LogP contribution in [0.2, 0.25) is 0 Å². The molecule has 1 amide bonds. The van der Waals surface area contributed by atoms with Crippen molar-refractivity contribution in [3.63, 3.8) is 0 Å². The Bertz CT molecular complexity index is 1040. The molecule has 0 radical (unpaired) electrons. The van der Waals surface area contributed by atoms with Crippen LogP contribution in [0.15, 0.2) is 66.1 Å². The van der Waals surface area contributed by atoms with E-state index in [0.29, 0.717) is 5.69 Å². The first kappa shape index (κ1) is 18.5. The van der Waals surface area contributed by atoms with Crippen LogP contribution < -0.4 is 10.0 Å². The van der Waals surface area contributed by atoms with Crippen LogP contribution in [0.3, 0.4) is 0 Å². The van der Waals surface area contributed by atoms with Crippen LogP contribution in [-0.2, 0) is 14.8 Å². The molecule has 0 saturated carbocycles. The molecule has 0 fully saturated rings. The van der Waals surface area contributed by atoms with Gasteiger partial charge in [0.05, 0.1) is 0 Å². The molecule has 2 N–H and O–H groups in total. The van der Waals surface area contributed by atoms with Crippen LogP contribution in [0.4, 0.5) is 15.8 Å². The summed E-state index contributed by atoms with van der Waals surface area (Å²) in [5.74, 6) is -1.14. The zero-order valence-electron chi connectivity index (χ0n) is 14.2. The Morgan fingerprint density at radius 2 is 1.78 bits per heavy atom. The summed E-state index contributed by atoms with van der Waals surface area (Å²) in [4.78, 5) is 15.5. The normalized spacial score (nSPS) is 12.4. The quantitative estimate of drug-likeness (QED) is 0.673. The molecular formula is C17H16FN5O3S. The Morgan fingerprint density at radius 3 is 2.41 bits per heavy atom. The van der Waals surface area contributed by atoms with Crippen molar-refractivity contribution in [2.45, 2.75) is 17.9 Å². The maximum atomic E-state index is 13.7. The van der Waals surface area contributed by atoms with Gasteiger partial charge in [0.1, 0.15) is 29.4 Å². The van der Waals surface area contributed by atoms with Gasteiger partial charge < -0.3 is 5.32 Å². The average molecular weight is 389 g/mol. The molecule has 3 aromatic rings. The summed E-state index contributed by atoms with van der Waals surface area (Å²) in [5.41, 5.74) is 0.710. The first-order valence-electron chi connectivity index (χ1n) is 7.89. The number of amides is 1. The van der Waals surface area contributed by atoms with Gasteiger partial charge in [-0.2, -0.15) is 5.10 Å². The number of sulfonamides is 1. The second kappa shape index (κ2) is 7.54. The number of aromatic nitrogens is 3. The first-order chi connectivity index (χ1) is 12.9. The van der Waals surface area contributed by atoms with Gasteiger partial charge in [0.2, 0.25) is 5.91 Å². The van der Waals surface area contributed by atoms with Crippen LogP contribution in [0, 0.1) is 5.82 Å². The third kappa shape index (κ3) is 4.29. The van der Waals surface area contributed by atoms with Crippen molar-refractivity contribution >= 4 is 27.3 Å². The molecule has 0 unspecified atom stereocenters. The first-order valence-corrected chi connectivity index (χ1v) is 9.37. The van der Waals surface area contributed by atoms with E-state index in [4.69, 9.17) is 0 Å². The van der Waals surface area contributed by atoms with Crippen molar-refractivity contribution in [1.82, 2.24) is 14.8 Å². The number of nitrogens with one attached hydrogen (secondary N) is 2. The number of nitrogens with zero attached hydrogens (tertiary/aromatic N) is 3. The predicted molar refractivity (Wildman–Crippen MR) is 97.0 cm³/mol. The number of halogens is 1. The third-order valence-corrected chi connectivity index (χ3v) is 5.16. The molecule has 0 aliphatic heterocycles. The lowest BCUT2D eigenvalue weighted by Crippen LogP contribution is -2.24. The summed E-state index contributed by atoms with van der Waals surface area (Å²) in [6.07, 6.45) is 2.77. The van der Waals surface area contributed by atoms with E-state index in [0.717, 1.165) is 6.07 Å². The molecule has 0 aliphatic carbocycles. The van der Waals surface area contributed by atoms with Gasteiger partial charge >= 0.3 is 0 Å². The number of carbonyl (C=O) groups excluding carboxylic acids is 1. The Balaban J connectivity index is 1.69. The largest absolute Gasteiger partial charge is 0.324 e. The molecule has 0 spiro atoms. The maximum Gasteiger partial charge on any atom is 0.264 e. The highest BCUT2D eigenvalue weighted by Crippen LogP contribution is 2.20. The van der Waals surface area contributed by atoms with Crippen LogP contribution in [-0.4, -0.2) is 29.1 Å². The number of hydrogen-bond donors (Lipinski definition) is 2. The van der Waals surface area contributed by atoms with Crippen LogP contribution in [0.25, 0.3) is 0 Å². The van der Waals surface area contributed by atoms with Gasteiger partial charge in [0.15, 0.2) is 0 Å². The van der Waals surface area contributed by atoms with Gasteiger partial charge in [0, 0.05) is 11.4 Å². The SMILES string of the molecule is C[C@H](C(=O)Nc1ccc(NS(=O)(=O)c2ccccc2F)cc1)n1cncn1. The number of rotatable bonds is 6. The number of carbonyl (C=O) groups is 1. The van der Waals surface area contributed by atoms with Gasteiger partial charge in [-0.05, 0) is 43.3 Å². The fourth-order valence-corrected chi connectivity index (χ4v) is 3.42. The summed E-state index contributed by atoms with van der Waals surface area (Å²) < 4.78 is 42.0. The van der Waals surface area contributed by atoms with Crippen molar-refractivity contribution in [1.29, 1.82) is 0 Å². The number of anilines is 2. The van der Waals surface area contributed by atoms with Crippen molar-refractivity contribution < 1.29 is 17.6 Å². The lowest BCUT2D eigenvalue weighted by Gasteiger charge is -2.13. The molecule has 0 bridgehead atoms. The molecule has 2 aromatic carbocycles. The Labute approximate surface area is 155 Å². The van der Waals surface area contributed by atoms with Crippen LogP contribution in [0.1, 0.15) is 13.0 Å². The molecular weight excluding hydrogens is 373 g/mol. The van der Waals surface area contributed by atoms with E-state index in [2.05, 4.69) is 20.1 Å². The molecule has 1 aromatic heterocycles. The average Bonchev–Trinajstić information content (AvgIpc) is 3.17. The fourth-order valence-electron chi connectivity index (χ4n) is 2.28. The zero-order valence-corrected chi connectivity index (χ0v) is 15.0. The van der Waals surface area contributed by atoms with E-state index >= 15 is 0 Å². The minimum absolute atomic E-state index is 0.237. The standard InChI is InChI=1S/C17H16FN5O3S/c1-12(23-11-19-10-20-23)17(24)21-13-6-8-14(9-7-13)22-27(25,26)16-5-3-2-4-15(16)18/h2-12,22H,1H3,(H,21,24)/t12-/m1/s1. The smallest absolute Gasteiger partial charge is 0.264 e. The minimum Gasteiger partial charge on any atom is -0.324 e. The summed E-state index contributed by atoms with van der Waals surface area (Å²) >= 11 is 0. The Morgan fingerprint density at radius 1 is 1.11 bits per heavy atom. The van der Waals surface area contributed by atoms with Gasteiger partial charge in [-0.3, -0.25) is 9.52 Å². The van der Waals surface area contributed by atoms with Crippen LogP contribution in [0.5, 0.6) is 0 Å². The van der Waals surface area contributed by atoms with E-state index in [9.17, 15) is 17.6 Å². The lowest BCUT2D eigenvalue weighted by molar-refractivity contribution is -0.119. The molecule has 140 valence electrons. The van der Waals surface area contributed by atoms with E-state index in [1.54, 1.807) is 6.92 Å². The Hall–Kier alpha value is -3.27. The zero-order chi connectivity index (χ0) is 19.4. The molecule has 27 heavy (non-hydrogen) atoms. The van der Waals surface area contributed by atoms with E-state index in [1.807, 2.05) is 0 Å². The maximum absolute atomic E-state index is 13.7. The molecule has 0 saturated heterocycles. The molecule has 8 nitrogen and oxygen atoms in total. The topological polar surface area (TPSA) is 106 Å². The summed E-state index contributed by atoms with van der Waals surface area (Å²) in [5, 5.41) is 6.60. The van der Waals surface area contributed by atoms with E-state index in [-0.39, 0.29) is 11.6 Å². The second-order valence-corrected chi connectivity index (χ2v) is 7.30. The van der Waals surface area contributed by atoms with Crippen molar-refractivity contribution in [3.8, 4) is 0 Å². The van der Waals surface area contributed by atoms with Gasteiger partial charge in [0.25, 0.3) is 10.0 Å². The molecule has 3 rings (SSSR count). The van der Waals surface area contributed by atoms with Crippen molar-refractivity contribution in [3.05, 3.63) is 67.0 Å². The van der Waals surface area contributed by atoms with Crippen LogP contribution >= 0.6 is 0 Å². The number of benzene rings is 2. The molecule has 10 heteroatoms. The van der Waals surface area contributed by atoms with Gasteiger partial charge in [-0.25, -0.2) is 22.5 Å². The summed E-state index contributed by atoms with van der Waals surface area (Å²) in [7, 11) is -4.05. The fraction of sp³-hybridized carbons (Fsp3) is 0.118. The van der Waals surface area contributed by atoms with E-state index < -0.39 is 26.8 Å². The highest BCUT2D eigenvalue weighted by molar-refractivity contribution is 7.92. The van der Waals surface area contributed by atoms with Crippen molar-refractivity contribution in [2.24, 2.45) is 0 Å². The number of hydrogen-bond acceptors (Lipinski definition) is 5. The van der Waals surface area contributed by atoms with Crippen molar-refractivity contribution in [2.75, 3.05) is 10.0 Å². The minimum atomic E-state index is -4.05. The Kier molecular flexibility index (Phi) is 5.17. The molecule has 1 heterocycles. The molecule has 0 aliphatic rings. The second-order valence-electron chi connectivity index (χ2n) is 5.65. The van der Waals surface area contributed by atoms with Gasteiger partial charge in [-0.15, -0.1) is 0 Å². The third-order valence-electron chi connectivity index (χ3n) is 3.74. The highest BCUT2D eigenvalue weighted by Gasteiger charge is 2.19. The predicted octanol–water partition coefficient (Wildman–Crippen LogP) is 2.42. The highest BCUT2D eigenvalue weighted by atomic mass is 32.2. The van der Waals surface area contributed by atoms with E-state index in [1.165, 1.54) is 59.8 Å². The van der Waals surface area contributed by atoms with Gasteiger partial charge in [-0.1, -0.05) is 12.1 Å².